The normalized spacial score (nSPS) is 12.4. The Bertz CT molecular complexity index is 516. The Morgan fingerprint density at radius 1 is 0.895 bits per heavy atom. The predicted molar refractivity (Wildman–Crippen MR) is 80.1 cm³/mol. The molecule has 0 saturated heterocycles. The quantitative estimate of drug-likeness (QED) is 0.778. The third-order valence-corrected chi connectivity index (χ3v) is 3.75. The van der Waals surface area contributed by atoms with Crippen molar-refractivity contribution >= 4 is 0 Å². The zero-order valence-corrected chi connectivity index (χ0v) is 11.8. The summed E-state index contributed by atoms with van der Waals surface area (Å²) < 4.78 is 0. The van der Waals surface area contributed by atoms with Gasteiger partial charge in [0.1, 0.15) is 11.7 Å². The molecule has 1 atom stereocenters. The maximum atomic E-state index is 10.2. The molecule has 0 aromatic heterocycles. The summed E-state index contributed by atoms with van der Waals surface area (Å²) in [6.45, 7) is 6.57. The molecule has 0 aliphatic carbocycles. The number of para-hydroxylation sites is 1. The maximum Gasteiger partial charge on any atom is 0.154 e. The van der Waals surface area contributed by atoms with Gasteiger partial charge in [0.25, 0.3) is 0 Å². The molecule has 0 radical (unpaired) electrons. The Morgan fingerprint density at radius 2 is 1.47 bits per heavy atom. The second-order valence-corrected chi connectivity index (χ2v) is 5.30. The van der Waals surface area contributed by atoms with Crippen molar-refractivity contribution in [2.24, 2.45) is 5.92 Å². The van der Waals surface area contributed by atoms with E-state index in [4.69, 9.17) is 0 Å². The first-order valence-corrected chi connectivity index (χ1v) is 6.77. The van der Waals surface area contributed by atoms with Crippen molar-refractivity contribution in [3.05, 3.63) is 71.6 Å². The Labute approximate surface area is 115 Å². The van der Waals surface area contributed by atoms with E-state index in [2.05, 4.69) is 45.0 Å². The highest BCUT2D eigenvalue weighted by Crippen LogP contribution is 2.40. The molecule has 2 rings (SSSR count). The molecule has 0 heterocycles. The largest absolute Gasteiger partial charge is 0.507 e. The average molecular weight is 253 g/mol. The van der Waals surface area contributed by atoms with Crippen LogP contribution in [-0.4, -0.2) is 5.11 Å². The molecule has 2 aromatic rings. The lowest BCUT2D eigenvalue weighted by Crippen LogP contribution is -2.15. The number of aromatic hydroxyl groups is 1. The highest BCUT2D eigenvalue weighted by molar-refractivity contribution is 5.45. The van der Waals surface area contributed by atoms with Crippen LogP contribution in [0.15, 0.2) is 54.6 Å². The highest BCUT2D eigenvalue weighted by Gasteiger charge is 2.35. The first-order valence-electron chi connectivity index (χ1n) is 6.77. The fourth-order valence-electron chi connectivity index (χ4n) is 2.40. The zero-order chi connectivity index (χ0) is 13.8. The molecule has 1 unspecified atom stereocenters. The molecule has 0 fully saturated rings. The van der Waals surface area contributed by atoms with Crippen molar-refractivity contribution in [2.75, 3.05) is 0 Å². The molecule has 98 valence electrons. The average Bonchev–Trinajstić information content (AvgIpc) is 2.42. The van der Waals surface area contributed by atoms with Gasteiger partial charge in [-0.25, -0.2) is 0 Å². The van der Waals surface area contributed by atoms with E-state index in [0.717, 1.165) is 5.56 Å². The van der Waals surface area contributed by atoms with Crippen LogP contribution in [0.25, 0.3) is 0 Å². The van der Waals surface area contributed by atoms with Crippen LogP contribution < -0.4 is 0 Å². The van der Waals surface area contributed by atoms with Gasteiger partial charge in [-0.3, -0.25) is 0 Å². The first-order chi connectivity index (χ1) is 9.11. The summed E-state index contributed by atoms with van der Waals surface area (Å²) in [5, 5.41) is 10.2. The lowest BCUT2D eigenvalue weighted by molar-refractivity contribution is 0.461. The van der Waals surface area contributed by atoms with Crippen LogP contribution in [-0.2, 0) is 0 Å². The van der Waals surface area contributed by atoms with Gasteiger partial charge in [-0.15, -0.1) is 0 Å². The van der Waals surface area contributed by atoms with Gasteiger partial charge in [0.05, 0.1) is 12.8 Å². The van der Waals surface area contributed by atoms with Gasteiger partial charge >= 0.3 is 0 Å². The van der Waals surface area contributed by atoms with Crippen molar-refractivity contribution in [1.29, 1.82) is 0 Å². The van der Waals surface area contributed by atoms with E-state index in [0.29, 0.717) is 11.7 Å². The van der Waals surface area contributed by atoms with Gasteiger partial charge in [-0.1, -0.05) is 48.5 Å². The Balaban J connectivity index is 2.50. The molecule has 1 nitrogen and oxygen atoms in total. The summed E-state index contributed by atoms with van der Waals surface area (Å²) in [6.07, 6.45) is 0. The monoisotopic (exact) mass is 253 g/mol. The Hall–Kier alpha value is -1.89. The van der Waals surface area contributed by atoms with E-state index in [1.54, 1.807) is 6.07 Å². The summed E-state index contributed by atoms with van der Waals surface area (Å²) in [6, 6.07) is 18.0. The van der Waals surface area contributed by atoms with E-state index in [1.807, 2.05) is 24.3 Å². The molecule has 0 bridgehead atoms. The first kappa shape index (κ1) is 13.5. The second-order valence-electron chi connectivity index (χ2n) is 5.30. The molecule has 19 heavy (non-hydrogen) atoms. The standard InChI is InChI=1S/C18H20O/c1-13(2)14(3)18(15-9-5-4-6-10-15)16-11-7-8-12-17(16)19/h4-13,18H,1-3H3/p+1. The molecule has 0 amide bonds. The van der Waals surface area contributed by atoms with Gasteiger partial charge in [0.15, 0.2) is 5.92 Å². The molecule has 2 aromatic carbocycles. The number of benzene rings is 2. The van der Waals surface area contributed by atoms with Crippen molar-refractivity contribution in [1.82, 2.24) is 0 Å². The summed E-state index contributed by atoms with van der Waals surface area (Å²) in [7, 11) is 0. The molecular weight excluding hydrogens is 232 g/mol. The van der Waals surface area contributed by atoms with Crippen LogP contribution in [0.4, 0.5) is 0 Å². The lowest BCUT2D eigenvalue weighted by Gasteiger charge is -2.19. The zero-order valence-electron chi connectivity index (χ0n) is 11.8. The van der Waals surface area contributed by atoms with Crippen LogP contribution in [0.1, 0.15) is 37.8 Å². The number of rotatable bonds is 4. The van der Waals surface area contributed by atoms with E-state index < -0.39 is 0 Å². The molecule has 0 aliphatic rings. The van der Waals surface area contributed by atoms with Gasteiger partial charge in [-0.2, -0.15) is 0 Å². The Morgan fingerprint density at radius 3 is 2.05 bits per heavy atom. The SMILES string of the molecule is C[C+](C(C)C)C(c1ccccc1)c1ccccc1O. The number of phenolic OH excluding ortho intramolecular Hbond substituents is 1. The smallest absolute Gasteiger partial charge is 0.154 e. The summed E-state index contributed by atoms with van der Waals surface area (Å²) in [4.78, 5) is 0. The van der Waals surface area contributed by atoms with Crippen LogP contribution in [0, 0.1) is 11.8 Å². The second kappa shape index (κ2) is 5.83. The van der Waals surface area contributed by atoms with Crippen molar-refractivity contribution < 1.29 is 5.11 Å². The van der Waals surface area contributed by atoms with E-state index >= 15 is 0 Å². The highest BCUT2D eigenvalue weighted by atomic mass is 16.3. The minimum absolute atomic E-state index is 0.155. The molecular formula is C18H21O+. The minimum Gasteiger partial charge on any atom is -0.507 e. The lowest BCUT2D eigenvalue weighted by atomic mass is 9.76. The minimum atomic E-state index is 0.155. The van der Waals surface area contributed by atoms with Gasteiger partial charge in [0.2, 0.25) is 0 Å². The third-order valence-electron chi connectivity index (χ3n) is 3.75. The molecule has 0 spiro atoms. The molecule has 1 N–H and O–H groups in total. The fourth-order valence-corrected chi connectivity index (χ4v) is 2.40. The van der Waals surface area contributed by atoms with E-state index in [-0.39, 0.29) is 5.92 Å². The molecule has 0 aliphatic heterocycles. The van der Waals surface area contributed by atoms with Gasteiger partial charge < -0.3 is 5.11 Å². The van der Waals surface area contributed by atoms with Gasteiger partial charge in [-0.05, 0) is 19.9 Å². The van der Waals surface area contributed by atoms with Crippen LogP contribution in [0.2, 0.25) is 0 Å². The molecule has 1 heteroatoms. The number of hydrogen-bond acceptors (Lipinski definition) is 1. The Kier molecular flexibility index (Phi) is 4.16. The van der Waals surface area contributed by atoms with E-state index in [1.165, 1.54) is 11.5 Å². The van der Waals surface area contributed by atoms with Crippen molar-refractivity contribution in [3.63, 3.8) is 0 Å². The summed E-state index contributed by atoms with van der Waals surface area (Å²) >= 11 is 0. The topological polar surface area (TPSA) is 20.2 Å². The predicted octanol–water partition coefficient (Wildman–Crippen LogP) is 4.77. The maximum absolute atomic E-state index is 10.2. The summed E-state index contributed by atoms with van der Waals surface area (Å²) in [5.41, 5.74) is 2.22. The third kappa shape index (κ3) is 2.93. The summed E-state index contributed by atoms with van der Waals surface area (Å²) in [5.74, 6) is 2.37. The van der Waals surface area contributed by atoms with Gasteiger partial charge in [0, 0.05) is 11.1 Å². The van der Waals surface area contributed by atoms with Crippen molar-refractivity contribution in [2.45, 2.75) is 26.7 Å². The number of phenols is 1. The molecule has 0 saturated carbocycles. The number of hydrogen-bond donors (Lipinski definition) is 1. The fraction of sp³-hybridized carbons (Fsp3) is 0.278. The van der Waals surface area contributed by atoms with Crippen LogP contribution in [0.3, 0.4) is 0 Å². The van der Waals surface area contributed by atoms with Crippen LogP contribution >= 0.6 is 0 Å². The van der Waals surface area contributed by atoms with E-state index in [9.17, 15) is 5.11 Å². The van der Waals surface area contributed by atoms with Crippen LogP contribution in [0.5, 0.6) is 5.75 Å². The van der Waals surface area contributed by atoms with Crippen molar-refractivity contribution in [3.8, 4) is 5.75 Å².